The van der Waals surface area contributed by atoms with Gasteiger partial charge in [-0.2, -0.15) is 5.92 Å². The van der Waals surface area contributed by atoms with E-state index >= 15 is 0 Å². The third-order valence-electron chi connectivity index (χ3n) is 1.86. The van der Waals surface area contributed by atoms with Crippen LogP contribution in [0.4, 0.5) is 0 Å². The molecule has 0 aromatic rings. The molecule has 0 saturated carbocycles. The van der Waals surface area contributed by atoms with E-state index in [4.69, 9.17) is 0 Å². The van der Waals surface area contributed by atoms with E-state index in [9.17, 15) is 0 Å². The predicted octanol–water partition coefficient (Wildman–Crippen LogP) is 0.677. The van der Waals surface area contributed by atoms with Gasteiger partial charge < -0.3 is 6.92 Å². The normalized spacial score (nSPS) is 15.3. The fourth-order valence-electron chi connectivity index (χ4n) is 1.36. The fraction of sp³-hybridized carbons (Fsp3) is 0.900. The largest absolute Gasteiger partial charge is 1.00 e. The molecule has 0 N–H and O–H groups in total. The van der Waals surface area contributed by atoms with E-state index in [1.807, 2.05) is 0 Å². The molecule has 0 radical (unpaired) electrons. The summed E-state index contributed by atoms with van der Waals surface area (Å²) in [7, 11) is 0. The fourth-order valence-corrected chi connectivity index (χ4v) is 1.36. The van der Waals surface area contributed by atoms with Crippen molar-refractivity contribution in [1.82, 2.24) is 0 Å². The summed E-state index contributed by atoms with van der Waals surface area (Å²) in [5, 5.41) is 0. The Labute approximate surface area is 84.3 Å². The van der Waals surface area contributed by atoms with E-state index < -0.39 is 0 Å². The molecule has 0 aromatic heterocycles. The molecule has 2 unspecified atom stereocenters. The average molecular weight is 148 g/mol. The van der Waals surface area contributed by atoms with Crippen molar-refractivity contribution in [1.29, 1.82) is 0 Å². The summed E-state index contributed by atoms with van der Waals surface area (Å²) < 4.78 is 0. The van der Waals surface area contributed by atoms with E-state index in [0.717, 1.165) is 5.92 Å². The molecule has 0 aliphatic rings. The number of hydrogen-bond donors (Lipinski definition) is 0. The van der Waals surface area contributed by atoms with Crippen LogP contribution in [0.15, 0.2) is 0 Å². The zero-order chi connectivity index (χ0) is 7.98. The van der Waals surface area contributed by atoms with Gasteiger partial charge in [0.25, 0.3) is 0 Å². The molecule has 0 spiro atoms. The van der Waals surface area contributed by atoms with Crippen LogP contribution in [0.3, 0.4) is 0 Å². The monoisotopic (exact) mass is 148 g/mol. The zero-order valence-electron chi connectivity index (χ0n) is 8.69. The number of unbranched alkanes of at least 4 members (excludes halogenated alkanes) is 1. The van der Waals surface area contributed by atoms with Crippen LogP contribution >= 0.6 is 0 Å². The van der Waals surface area contributed by atoms with Gasteiger partial charge in [-0.05, 0) is 5.92 Å². The molecule has 2 atom stereocenters. The van der Waals surface area contributed by atoms with Crippen molar-refractivity contribution < 1.29 is 18.9 Å². The van der Waals surface area contributed by atoms with Crippen LogP contribution in [0.5, 0.6) is 0 Å². The molecule has 62 valence electrons. The maximum atomic E-state index is 3.99. The van der Waals surface area contributed by atoms with Crippen molar-refractivity contribution in [3.8, 4) is 0 Å². The molecular weight excluding hydrogens is 127 g/mol. The molecule has 0 nitrogen and oxygen atoms in total. The van der Waals surface area contributed by atoms with Gasteiger partial charge in [0.2, 0.25) is 0 Å². The van der Waals surface area contributed by atoms with Crippen molar-refractivity contribution in [2.45, 2.75) is 46.5 Å². The summed E-state index contributed by atoms with van der Waals surface area (Å²) in [4.78, 5) is 0. The quantitative estimate of drug-likeness (QED) is 0.397. The average Bonchev–Trinajstić information content (AvgIpc) is 1.82. The molecule has 1 heteroatoms. The van der Waals surface area contributed by atoms with Gasteiger partial charge in [0.15, 0.2) is 0 Å². The number of hydrogen-bond acceptors (Lipinski definition) is 0. The molecule has 11 heavy (non-hydrogen) atoms. The zero-order valence-corrected chi connectivity index (χ0v) is 8.69. The molecule has 0 fully saturated rings. The molecule has 0 amide bonds. The molecule has 0 rings (SSSR count). The van der Waals surface area contributed by atoms with E-state index in [1.165, 1.54) is 25.7 Å². The number of rotatable bonds is 5. The first-order valence-corrected chi connectivity index (χ1v) is 4.49. The van der Waals surface area contributed by atoms with Gasteiger partial charge in [-0.25, -0.2) is 0 Å². The first-order valence-electron chi connectivity index (χ1n) is 4.49. The minimum Gasteiger partial charge on any atom is -0.341 e. The first-order chi connectivity index (χ1) is 4.66. The van der Waals surface area contributed by atoms with Gasteiger partial charge in [0, 0.05) is 0 Å². The van der Waals surface area contributed by atoms with Crippen LogP contribution in [0, 0.1) is 18.8 Å². The minimum absolute atomic E-state index is 0. The Morgan fingerprint density at radius 3 is 2.18 bits per heavy atom. The second-order valence-electron chi connectivity index (χ2n) is 3.59. The minimum atomic E-state index is 0. The van der Waals surface area contributed by atoms with Crippen molar-refractivity contribution in [2.24, 2.45) is 11.8 Å². The van der Waals surface area contributed by atoms with Crippen molar-refractivity contribution in [3.63, 3.8) is 0 Å². The maximum Gasteiger partial charge on any atom is 1.00 e. The summed E-state index contributed by atoms with van der Waals surface area (Å²) in [5.74, 6) is 1.51. The van der Waals surface area contributed by atoms with Crippen LogP contribution in [-0.4, -0.2) is 0 Å². The second-order valence-corrected chi connectivity index (χ2v) is 3.59. The van der Waals surface area contributed by atoms with Crippen LogP contribution in [0.1, 0.15) is 46.5 Å². The van der Waals surface area contributed by atoms with Crippen LogP contribution in [-0.2, 0) is 0 Å². The predicted molar refractivity (Wildman–Crippen MR) is 47.8 cm³/mol. The van der Waals surface area contributed by atoms with Gasteiger partial charge >= 0.3 is 18.9 Å². The molecule has 0 saturated heterocycles. The first kappa shape index (κ1) is 14.1. The molecule has 0 bridgehead atoms. The Kier molecular flexibility index (Phi) is 11.2. The Balaban J connectivity index is 0. The maximum absolute atomic E-state index is 3.99. The second kappa shape index (κ2) is 8.69. The van der Waals surface area contributed by atoms with E-state index in [2.05, 4.69) is 27.7 Å². The SMILES string of the molecule is [CH2-]C(C)CC(C)CCCC.[Li+]. The molecule has 0 aliphatic heterocycles. The van der Waals surface area contributed by atoms with Crippen molar-refractivity contribution >= 4 is 0 Å². The Bertz CT molecular complexity index is 69.3. The van der Waals surface area contributed by atoms with Crippen molar-refractivity contribution in [2.75, 3.05) is 0 Å². The summed E-state index contributed by atoms with van der Waals surface area (Å²) >= 11 is 0. The summed E-state index contributed by atoms with van der Waals surface area (Å²) in [6, 6.07) is 0. The topological polar surface area (TPSA) is 0 Å². The Morgan fingerprint density at radius 2 is 1.82 bits per heavy atom. The summed E-state index contributed by atoms with van der Waals surface area (Å²) in [5.41, 5.74) is 0. The molecule has 0 aromatic carbocycles. The molecular formula is C10H21Li. The van der Waals surface area contributed by atoms with Crippen molar-refractivity contribution in [3.05, 3.63) is 6.92 Å². The standard InChI is InChI=1S/C10H21.Li/c1-5-6-7-10(4)8-9(2)3;/h9-10H,2,5-8H2,1,3-4H3;/q-1;+1. The third kappa shape index (κ3) is 10.6. The van der Waals surface area contributed by atoms with Gasteiger partial charge in [-0.3, -0.25) is 0 Å². The van der Waals surface area contributed by atoms with Gasteiger partial charge in [0.05, 0.1) is 0 Å². The van der Waals surface area contributed by atoms with Gasteiger partial charge in [-0.15, -0.1) is 0 Å². The molecule has 0 aliphatic carbocycles. The summed E-state index contributed by atoms with van der Waals surface area (Å²) in [6.07, 6.45) is 5.39. The smallest absolute Gasteiger partial charge is 0.341 e. The third-order valence-corrected chi connectivity index (χ3v) is 1.86. The van der Waals surface area contributed by atoms with Crippen LogP contribution < -0.4 is 18.9 Å². The summed E-state index contributed by atoms with van der Waals surface area (Å²) in [6.45, 7) is 10.8. The van der Waals surface area contributed by atoms with E-state index in [0.29, 0.717) is 5.92 Å². The van der Waals surface area contributed by atoms with Crippen LogP contribution in [0.25, 0.3) is 0 Å². The Hall–Kier alpha value is 0.597. The van der Waals surface area contributed by atoms with Gasteiger partial charge in [0.1, 0.15) is 0 Å². The molecule has 0 heterocycles. The van der Waals surface area contributed by atoms with Gasteiger partial charge in [-0.1, -0.05) is 46.5 Å². The van der Waals surface area contributed by atoms with E-state index in [-0.39, 0.29) is 18.9 Å². The van der Waals surface area contributed by atoms with Crippen LogP contribution in [0.2, 0.25) is 0 Å². The Morgan fingerprint density at radius 1 is 1.27 bits per heavy atom. The van der Waals surface area contributed by atoms with E-state index in [1.54, 1.807) is 0 Å².